The first kappa shape index (κ1) is 24.9. The average Bonchev–Trinajstić information content (AvgIpc) is 1.78. The first-order valence-electron chi connectivity index (χ1n) is 1.74. The summed E-state index contributed by atoms with van der Waals surface area (Å²) in [5.74, 6) is 0. The monoisotopic (exact) mass is 134 g/mol. The van der Waals surface area contributed by atoms with Crippen molar-refractivity contribution in [3.8, 4) is 0 Å². The van der Waals surface area contributed by atoms with Gasteiger partial charge in [-0.3, -0.25) is 0 Å². The van der Waals surface area contributed by atoms with Gasteiger partial charge in [0.25, 0.3) is 0 Å². The maximum atomic E-state index is 8.12. The summed E-state index contributed by atoms with van der Waals surface area (Å²) in [5.41, 5.74) is 4.42. The molecule has 0 aliphatic heterocycles. The van der Waals surface area contributed by atoms with Crippen LogP contribution in [0.15, 0.2) is 0 Å². The molecule has 0 aromatic carbocycles. The zero-order valence-electron chi connectivity index (χ0n) is 5.05. The van der Waals surface area contributed by atoms with Crippen LogP contribution >= 0.6 is 9.39 Å². The molecular weight excluding hydrogens is 124 g/mol. The summed E-state index contributed by atoms with van der Waals surface area (Å²) in [5, 5.41) is 0. The van der Waals surface area contributed by atoms with Crippen LogP contribution in [0.2, 0.25) is 0 Å². The summed E-state index contributed by atoms with van der Waals surface area (Å²) in [6.07, 6.45) is 0.250. The summed E-state index contributed by atoms with van der Waals surface area (Å²) in [6, 6.07) is 0. The molecule has 0 aromatic heterocycles. The Morgan fingerprint density at radius 3 is 1.25 bits per heavy atom. The van der Waals surface area contributed by atoms with E-state index in [1.54, 1.807) is 0 Å². The fourth-order valence-corrected chi connectivity index (χ4v) is 0. The van der Waals surface area contributed by atoms with Gasteiger partial charge in [-0.1, -0.05) is 23.2 Å². The van der Waals surface area contributed by atoms with Crippen molar-refractivity contribution in [3.05, 3.63) is 0 Å². The van der Waals surface area contributed by atoms with E-state index in [1.807, 2.05) is 23.2 Å². The number of carbonyl (C=O) groups excluding carboxylic acids is 2. The van der Waals surface area contributed by atoms with Crippen molar-refractivity contribution >= 4 is 24.0 Å². The predicted molar refractivity (Wildman–Crippen MR) is 36.0 cm³/mol. The van der Waals surface area contributed by atoms with E-state index < -0.39 is 0 Å². The van der Waals surface area contributed by atoms with Gasteiger partial charge in [0, 0.05) is 8.41 Å². The van der Waals surface area contributed by atoms with Crippen LogP contribution < -0.4 is 5.50 Å². The predicted octanol–water partition coefficient (Wildman–Crippen LogP) is -0.203. The third-order valence-corrected chi connectivity index (χ3v) is 0. The summed E-state index contributed by atoms with van der Waals surface area (Å²) < 4.78 is 0. The van der Waals surface area contributed by atoms with Gasteiger partial charge in [0.1, 0.15) is 0 Å². The number of rotatable bonds is 0. The Balaban J connectivity index is -0.0000000147. The quantitative estimate of drug-likeness (QED) is 0.368. The number of nitrogens with two attached hydrogens (primary N) is 1. The van der Waals surface area contributed by atoms with Crippen LogP contribution in [-0.2, 0) is 9.59 Å². The fourth-order valence-electron chi connectivity index (χ4n) is 0. The molecule has 0 aliphatic carbocycles. The number of hydrogen-bond acceptors (Lipinski definition) is 3. The van der Waals surface area contributed by atoms with E-state index in [2.05, 4.69) is 5.50 Å². The van der Waals surface area contributed by atoms with Gasteiger partial charge in [-0.25, -0.2) is 0 Å². The molecule has 5 heteroatoms. The summed E-state index contributed by atoms with van der Waals surface area (Å²) >= 11 is 0. The van der Waals surface area contributed by atoms with E-state index in [9.17, 15) is 0 Å². The van der Waals surface area contributed by atoms with Crippen LogP contribution in [0.5, 0.6) is 0 Å². The summed E-state index contributed by atoms with van der Waals surface area (Å²) in [4.78, 5) is 16.2. The molecule has 2 N–H and O–H groups in total. The minimum Gasteiger partial charge on any atom is -0.314 e. The number of hydrogen-bond donors (Lipinski definition) is 1. The molecule has 0 saturated carbocycles. The van der Waals surface area contributed by atoms with Crippen LogP contribution in [0.4, 0.5) is 0 Å². The Morgan fingerprint density at radius 1 is 1.25 bits per heavy atom. The van der Waals surface area contributed by atoms with E-state index in [1.165, 1.54) is 0 Å². The molecule has 0 heterocycles. The average molecular weight is 134 g/mol. The van der Waals surface area contributed by atoms with E-state index >= 15 is 0 Å². The summed E-state index contributed by atoms with van der Waals surface area (Å²) in [7, 11) is 1.92. The lowest BCUT2D eigenvalue weighted by Gasteiger charge is -1.20. The van der Waals surface area contributed by atoms with Crippen molar-refractivity contribution in [1.29, 1.82) is 0 Å². The molecule has 1 unspecified atom stereocenters. The highest BCUT2D eigenvalue weighted by atomic mass is 31.0. The lowest BCUT2D eigenvalue weighted by molar-refractivity contribution is -0.191. The SMILES string of the molecule is CC.NP.O=C=O.[B]. The van der Waals surface area contributed by atoms with Crippen molar-refractivity contribution in [3.63, 3.8) is 0 Å². The van der Waals surface area contributed by atoms with Crippen LogP contribution in [-0.4, -0.2) is 14.6 Å². The summed E-state index contributed by atoms with van der Waals surface area (Å²) in [6.45, 7) is 4.00. The van der Waals surface area contributed by atoms with Crippen molar-refractivity contribution < 1.29 is 9.59 Å². The van der Waals surface area contributed by atoms with Gasteiger partial charge >= 0.3 is 6.15 Å². The van der Waals surface area contributed by atoms with Crippen molar-refractivity contribution in [1.82, 2.24) is 0 Å². The Morgan fingerprint density at radius 2 is 1.25 bits per heavy atom. The van der Waals surface area contributed by atoms with E-state index in [-0.39, 0.29) is 14.6 Å². The first-order valence-corrected chi connectivity index (χ1v) is 2.41. The molecule has 0 aliphatic rings. The standard InChI is InChI=1S/C2H6.CO2.B.H4NP/c1-2;2-1-3;;1-2/h1-2H3;;;1-2H2. The van der Waals surface area contributed by atoms with Gasteiger partial charge in [-0.2, -0.15) is 9.59 Å². The molecule has 3 nitrogen and oxygen atoms in total. The third-order valence-electron chi connectivity index (χ3n) is 0. The van der Waals surface area contributed by atoms with Gasteiger partial charge in [0.05, 0.1) is 0 Å². The second kappa shape index (κ2) is 334. The Kier molecular flexibility index (Phi) is 1040. The van der Waals surface area contributed by atoms with E-state index in [0.717, 1.165) is 0 Å². The minimum atomic E-state index is 0. The molecule has 0 amide bonds. The highest BCUT2D eigenvalue weighted by molar-refractivity contribution is 7.13. The molecule has 8 heavy (non-hydrogen) atoms. The molecule has 0 bridgehead atoms. The molecule has 0 spiro atoms. The van der Waals surface area contributed by atoms with Gasteiger partial charge in [-0.05, 0) is 0 Å². The maximum absolute atomic E-state index is 8.12. The zero-order valence-corrected chi connectivity index (χ0v) is 6.20. The largest absolute Gasteiger partial charge is 0.373 e. The fraction of sp³-hybridized carbons (Fsp3) is 0.667. The van der Waals surface area contributed by atoms with Gasteiger partial charge in [-0.15, -0.1) is 0 Å². The highest BCUT2D eigenvalue weighted by Crippen LogP contribution is 1.29. The van der Waals surface area contributed by atoms with Crippen molar-refractivity contribution in [2.75, 3.05) is 0 Å². The van der Waals surface area contributed by atoms with Crippen LogP contribution in [0.25, 0.3) is 0 Å². The molecule has 3 radical (unpaired) electrons. The van der Waals surface area contributed by atoms with Gasteiger partial charge < -0.3 is 5.50 Å². The topological polar surface area (TPSA) is 60.2 Å². The molecule has 0 fully saturated rings. The first-order chi connectivity index (χ1) is 3.41. The Bertz CT molecular complexity index is 38.3. The molecule has 0 rings (SSSR count). The highest BCUT2D eigenvalue weighted by Gasteiger charge is 1.13. The molecule has 0 aromatic rings. The van der Waals surface area contributed by atoms with E-state index in [0.29, 0.717) is 0 Å². The molecule has 47 valence electrons. The Labute approximate surface area is 53.9 Å². The maximum Gasteiger partial charge on any atom is 0.373 e. The minimum absolute atomic E-state index is 0. The Hall–Kier alpha value is -0.165. The molecule has 1 atom stereocenters. The second-order valence-corrected chi connectivity index (χ2v) is 0.0833. The zero-order chi connectivity index (χ0) is 6.71. The third kappa shape index (κ3) is 5010. The van der Waals surface area contributed by atoms with Crippen LogP contribution in [0.1, 0.15) is 13.8 Å². The van der Waals surface area contributed by atoms with E-state index in [4.69, 9.17) is 9.59 Å². The normalized spacial score (nSPS) is 2.50. The van der Waals surface area contributed by atoms with Crippen molar-refractivity contribution in [2.45, 2.75) is 13.8 Å². The van der Waals surface area contributed by atoms with Gasteiger partial charge in [0.2, 0.25) is 0 Å². The smallest absolute Gasteiger partial charge is 0.314 e. The lowest BCUT2D eigenvalue weighted by atomic mass is 10.8. The van der Waals surface area contributed by atoms with Gasteiger partial charge in [0.15, 0.2) is 0 Å². The van der Waals surface area contributed by atoms with Crippen LogP contribution in [0.3, 0.4) is 0 Å². The molecule has 0 saturated heterocycles. The van der Waals surface area contributed by atoms with Crippen LogP contribution in [0, 0.1) is 0 Å². The van der Waals surface area contributed by atoms with Crippen molar-refractivity contribution in [2.24, 2.45) is 5.50 Å². The second-order valence-electron chi connectivity index (χ2n) is 0.0833. The molecular formula is C3H10BNO2P. The lowest BCUT2D eigenvalue weighted by Crippen LogP contribution is -1.45.